The van der Waals surface area contributed by atoms with Gasteiger partial charge < -0.3 is 10.0 Å². The van der Waals surface area contributed by atoms with E-state index in [4.69, 9.17) is 0 Å². The molecule has 1 unspecified atom stereocenters. The smallest absolute Gasteiger partial charge is 0.290 e. The lowest BCUT2D eigenvalue weighted by Crippen LogP contribution is -2.31. The minimum absolute atomic E-state index is 0.0315. The number of Topliss-reactive ketones (excluding diaryl/α,β-unsaturated/α-hetero) is 1. The highest BCUT2D eigenvalue weighted by atomic mass is 32.1. The second-order valence-electron chi connectivity index (χ2n) is 10.4. The van der Waals surface area contributed by atoms with Crippen molar-refractivity contribution < 1.29 is 14.7 Å². The average Bonchev–Trinajstić information content (AvgIpc) is 3.25. The van der Waals surface area contributed by atoms with E-state index in [2.05, 4.69) is 31.8 Å². The maximum atomic E-state index is 13.7. The van der Waals surface area contributed by atoms with Crippen LogP contribution in [0.2, 0.25) is 0 Å². The molecule has 35 heavy (non-hydrogen) atoms. The highest BCUT2D eigenvalue weighted by molar-refractivity contribution is 7.14. The monoisotopic (exact) mass is 488 g/mol. The van der Waals surface area contributed by atoms with Crippen LogP contribution in [0.4, 0.5) is 0 Å². The van der Waals surface area contributed by atoms with Gasteiger partial charge in [0.05, 0.1) is 27.2 Å². The minimum Gasteiger partial charge on any atom is -0.503 e. The van der Waals surface area contributed by atoms with E-state index in [0.717, 1.165) is 32.8 Å². The third kappa shape index (κ3) is 4.67. The molecule has 1 aromatic heterocycles. The second kappa shape index (κ2) is 9.08. The fourth-order valence-electron chi connectivity index (χ4n) is 4.58. The van der Waals surface area contributed by atoms with Crippen molar-refractivity contribution in [3.8, 4) is 0 Å². The van der Waals surface area contributed by atoms with Crippen molar-refractivity contribution in [3.05, 3.63) is 97.2 Å². The van der Waals surface area contributed by atoms with Crippen molar-refractivity contribution in [2.24, 2.45) is 0 Å². The van der Waals surface area contributed by atoms with Gasteiger partial charge in [0.2, 0.25) is 5.78 Å². The Labute approximate surface area is 211 Å². The van der Waals surface area contributed by atoms with Gasteiger partial charge in [0, 0.05) is 6.54 Å². The van der Waals surface area contributed by atoms with E-state index in [1.165, 1.54) is 11.3 Å². The number of carbonyl (C=O) groups is 2. The summed E-state index contributed by atoms with van der Waals surface area (Å²) in [5.41, 5.74) is 5.78. The van der Waals surface area contributed by atoms with Crippen molar-refractivity contribution in [1.82, 2.24) is 9.88 Å². The van der Waals surface area contributed by atoms with Gasteiger partial charge in [0.25, 0.3) is 5.91 Å². The number of hydrogen-bond acceptors (Lipinski definition) is 5. The number of rotatable bonds is 5. The third-order valence-electron chi connectivity index (χ3n) is 6.60. The predicted octanol–water partition coefficient (Wildman–Crippen LogP) is 6.45. The number of carbonyl (C=O) groups excluding carboxylic acids is 2. The van der Waals surface area contributed by atoms with Gasteiger partial charge in [-0.1, -0.05) is 68.8 Å². The molecule has 5 nitrogen and oxygen atoms in total. The summed E-state index contributed by atoms with van der Waals surface area (Å²) in [6.07, 6.45) is 0. The second-order valence-corrected chi connectivity index (χ2v) is 11.6. The number of ketones is 1. The molecule has 4 rings (SSSR count). The van der Waals surface area contributed by atoms with Crippen molar-refractivity contribution >= 4 is 23.0 Å². The number of nitrogens with zero attached hydrogens (tertiary/aromatic N) is 2. The number of aliphatic hydroxyl groups excluding tert-OH is 1. The molecule has 0 saturated carbocycles. The van der Waals surface area contributed by atoms with Gasteiger partial charge in [0.1, 0.15) is 0 Å². The van der Waals surface area contributed by atoms with Crippen LogP contribution in [0.5, 0.6) is 0 Å². The molecule has 182 valence electrons. The number of aromatic nitrogens is 1. The molecule has 1 aliphatic heterocycles. The Bertz CT molecular complexity index is 1340. The molecule has 6 heteroatoms. The van der Waals surface area contributed by atoms with Crippen molar-refractivity contribution in [1.29, 1.82) is 0 Å². The first-order chi connectivity index (χ1) is 16.4. The first kappa shape index (κ1) is 24.9. The highest BCUT2D eigenvalue weighted by Crippen LogP contribution is 2.41. The van der Waals surface area contributed by atoms with Crippen LogP contribution in [-0.4, -0.2) is 26.7 Å². The molecular formula is C29H32N2O3S. The van der Waals surface area contributed by atoms with E-state index in [1.54, 1.807) is 11.8 Å². The topological polar surface area (TPSA) is 70.5 Å². The summed E-state index contributed by atoms with van der Waals surface area (Å²) in [7, 11) is 0. The molecule has 0 spiro atoms. The largest absolute Gasteiger partial charge is 0.503 e. The van der Waals surface area contributed by atoms with Gasteiger partial charge in [-0.2, -0.15) is 0 Å². The summed E-state index contributed by atoms with van der Waals surface area (Å²) in [6.45, 7) is 14.4. The van der Waals surface area contributed by atoms with Crippen molar-refractivity contribution in [2.45, 2.75) is 66.5 Å². The maximum absolute atomic E-state index is 13.7. The Kier molecular flexibility index (Phi) is 6.45. The Hall–Kier alpha value is -3.25. The standard InChI is InChI=1S/C29H32N2O3S/c1-16-8-9-17(2)21(14-16)15-31-24(20-10-12-22(13-11-20)29(5,6)7)23(26(33)28(31)34)25(32)27-18(3)30-19(4)35-27/h8-14,24,33H,15H2,1-7H3. The van der Waals surface area contributed by atoms with Crippen LogP contribution in [0, 0.1) is 27.7 Å². The number of benzene rings is 2. The molecule has 0 radical (unpaired) electrons. The fourth-order valence-corrected chi connectivity index (χ4v) is 5.45. The molecule has 3 aromatic rings. The summed E-state index contributed by atoms with van der Waals surface area (Å²) < 4.78 is 0. The lowest BCUT2D eigenvalue weighted by molar-refractivity contribution is -0.130. The molecule has 0 aliphatic carbocycles. The SMILES string of the molecule is Cc1ccc(C)c(CN2C(=O)C(O)=C(C(=O)c3sc(C)nc3C)C2c2ccc(C(C)(C)C)cc2)c1. The van der Waals surface area contributed by atoms with Crippen LogP contribution in [0.3, 0.4) is 0 Å². The van der Waals surface area contributed by atoms with Crippen LogP contribution < -0.4 is 0 Å². The molecule has 2 heterocycles. The molecule has 0 saturated heterocycles. The van der Waals surface area contributed by atoms with Crippen LogP contribution in [0.15, 0.2) is 53.8 Å². The molecule has 1 atom stereocenters. The van der Waals surface area contributed by atoms with Gasteiger partial charge in [-0.15, -0.1) is 11.3 Å². The van der Waals surface area contributed by atoms with Gasteiger partial charge in [-0.3, -0.25) is 9.59 Å². The zero-order valence-electron chi connectivity index (χ0n) is 21.4. The van der Waals surface area contributed by atoms with Crippen molar-refractivity contribution in [3.63, 3.8) is 0 Å². The predicted molar refractivity (Wildman–Crippen MR) is 140 cm³/mol. The van der Waals surface area contributed by atoms with Gasteiger partial charge in [-0.05, 0) is 55.4 Å². The average molecular weight is 489 g/mol. The quantitative estimate of drug-likeness (QED) is 0.419. The van der Waals surface area contributed by atoms with Crippen molar-refractivity contribution in [2.75, 3.05) is 0 Å². The zero-order chi connectivity index (χ0) is 25.7. The lowest BCUT2D eigenvalue weighted by atomic mass is 9.85. The summed E-state index contributed by atoms with van der Waals surface area (Å²) >= 11 is 1.29. The number of hydrogen-bond donors (Lipinski definition) is 1. The third-order valence-corrected chi connectivity index (χ3v) is 7.67. The lowest BCUT2D eigenvalue weighted by Gasteiger charge is -2.28. The first-order valence-corrected chi connectivity index (χ1v) is 12.6. The van der Waals surface area contributed by atoms with Gasteiger partial charge in [0.15, 0.2) is 5.76 Å². The van der Waals surface area contributed by atoms with E-state index in [9.17, 15) is 14.7 Å². The first-order valence-electron chi connectivity index (χ1n) is 11.8. The van der Waals surface area contributed by atoms with Crippen LogP contribution >= 0.6 is 11.3 Å². The van der Waals surface area contributed by atoms with Gasteiger partial charge >= 0.3 is 0 Å². The summed E-state index contributed by atoms with van der Waals surface area (Å²) in [6, 6.07) is 13.4. The molecule has 0 bridgehead atoms. The summed E-state index contributed by atoms with van der Waals surface area (Å²) in [4.78, 5) is 33.6. The number of amides is 1. The van der Waals surface area contributed by atoms with Crippen LogP contribution in [0.1, 0.15) is 75.0 Å². The molecule has 1 aliphatic rings. The highest BCUT2D eigenvalue weighted by Gasteiger charge is 2.44. The molecule has 1 N–H and O–H groups in total. The number of thiazole rings is 1. The van der Waals surface area contributed by atoms with E-state index in [-0.39, 0.29) is 16.8 Å². The Balaban J connectivity index is 1.84. The maximum Gasteiger partial charge on any atom is 0.290 e. The molecule has 1 amide bonds. The van der Waals surface area contributed by atoms with E-state index >= 15 is 0 Å². The van der Waals surface area contributed by atoms with Crippen LogP contribution in [0.25, 0.3) is 0 Å². The fraction of sp³-hybridized carbons (Fsp3) is 0.345. The van der Waals surface area contributed by atoms with Gasteiger partial charge in [-0.25, -0.2) is 4.98 Å². The van der Waals surface area contributed by atoms with E-state index in [0.29, 0.717) is 17.1 Å². The Morgan fingerprint density at radius 1 is 1.06 bits per heavy atom. The number of aliphatic hydroxyl groups is 1. The van der Waals surface area contributed by atoms with E-state index < -0.39 is 17.7 Å². The summed E-state index contributed by atoms with van der Waals surface area (Å²) in [5.74, 6) is -1.35. The zero-order valence-corrected chi connectivity index (χ0v) is 22.2. The number of aryl methyl sites for hydroxylation is 4. The van der Waals surface area contributed by atoms with E-state index in [1.807, 2.05) is 57.2 Å². The normalized spacial score (nSPS) is 16.4. The molecule has 0 fully saturated rings. The molecular weight excluding hydrogens is 456 g/mol. The Morgan fingerprint density at radius 2 is 1.71 bits per heavy atom. The summed E-state index contributed by atoms with van der Waals surface area (Å²) in [5, 5.41) is 11.8. The minimum atomic E-state index is -0.689. The van der Waals surface area contributed by atoms with Crippen LogP contribution in [-0.2, 0) is 16.8 Å². The molecule has 2 aromatic carbocycles. The Morgan fingerprint density at radius 3 is 2.29 bits per heavy atom.